The van der Waals surface area contributed by atoms with Gasteiger partial charge < -0.3 is 36.6 Å². The zero-order valence-electron chi connectivity index (χ0n) is 17.1. The summed E-state index contributed by atoms with van der Waals surface area (Å²) in [6.07, 6.45) is 0.0320. The van der Waals surface area contributed by atoms with Crippen molar-refractivity contribution in [2.75, 3.05) is 18.9 Å². The van der Waals surface area contributed by atoms with Gasteiger partial charge in [0.05, 0.1) is 12.1 Å². The van der Waals surface area contributed by atoms with E-state index in [0.29, 0.717) is 6.42 Å². The summed E-state index contributed by atoms with van der Waals surface area (Å²) in [6.45, 7) is 3.48. The molecule has 0 bridgehead atoms. The van der Waals surface area contributed by atoms with Crippen molar-refractivity contribution in [2.24, 2.45) is 5.92 Å². The van der Waals surface area contributed by atoms with Crippen LogP contribution in [-0.4, -0.2) is 88.2 Å². The fourth-order valence-corrected chi connectivity index (χ4v) is 3.24. The number of hydrogen-bond acceptors (Lipinski definition) is 8. The van der Waals surface area contributed by atoms with Crippen LogP contribution < -0.4 is 21.3 Å². The minimum absolute atomic E-state index is 0.131. The summed E-state index contributed by atoms with van der Waals surface area (Å²) < 4.78 is 0. The average Bonchev–Trinajstić information content (AvgIpc) is 3.14. The first-order valence-corrected chi connectivity index (χ1v) is 10.5. The second-order valence-electron chi connectivity index (χ2n) is 7.38. The summed E-state index contributed by atoms with van der Waals surface area (Å²) in [5.41, 5.74) is 0. The molecule has 0 unspecified atom stereocenters. The molecule has 0 aromatic carbocycles. The number of aliphatic hydroxyl groups excluding tert-OH is 2. The van der Waals surface area contributed by atoms with E-state index in [1.807, 2.05) is 6.92 Å². The Morgan fingerprint density at radius 3 is 2.23 bits per heavy atom. The van der Waals surface area contributed by atoms with Crippen molar-refractivity contribution in [3.05, 3.63) is 0 Å². The van der Waals surface area contributed by atoms with E-state index >= 15 is 0 Å². The topological polar surface area (TPSA) is 177 Å². The van der Waals surface area contributed by atoms with Crippen LogP contribution in [0.15, 0.2) is 0 Å². The van der Waals surface area contributed by atoms with E-state index in [-0.39, 0.29) is 31.1 Å². The largest absolute Gasteiger partial charge is 0.480 e. The van der Waals surface area contributed by atoms with Crippen LogP contribution in [-0.2, 0) is 19.2 Å². The molecule has 30 heavy (non-hydrogen) atoms. The summed E-state index contributed by atoms with van der Waals surface area (Å²) >= 11 is 3.88. The van der Waals surface area contributed by atoms with Gasteiger partial charge in [0.25, 0.3) is 0 Å². The van der Waals surface area contributed by atoms with E-state index in [9.17, 15) is 29.4 Å². The second kappa shape index (κ2) is 12.7. The van der Waals surface area contributed by atoms with Gasteiger partial charge in [-0.05, 0) is 18.8 Å². The van der Waals surface area contributed by atoms with Crippen LogP contribution in [0.25, 0.3) is 0 Å². The number of aliphatic carboxylic acids is 1. The van der Waals surface area contributed by atoms with Gasteiger partial charge in [-0.3, -0.25) is 14.4 Å². The van der Waals surface area contributed by atoms with Crippen molar-refractivity contribution in [1.82, 2.24) is 21.3 Å². The van der Waals surface area contributed by atoms with E-state index in [4.69, 9.17) is 5.11 Å². The fraction of sp³-hybridized carbons (Fsp3) is 0.778. The SMILES string of the molecule is CC[C@H](C)[C@H](NC(=O)[C@@H]1C[C@@H](O)CN1)C(=O)N[C@@H](CCO)C(=O)N[C@@H](CS)C(=O)O. The van der Waals surface area contributed by atoms with Gasteiger partial charge in [0.15, 0.2) is 0 Å². The Morgan fingerprint density at radius 1 is 1.13 bits per heavy atom. The number of amides is 3. The van der Waals surface area contributed by atoms with Crippen LogP contribution in [0.2, 0.25) is 0 Å². The number of aliphatic hydroxyl groups is 2. The van der Waals surface area contributed by atoms with Crippen molar-refractivity contribution < 1.29 is 34.5 Å². The van der Waals surface area contributed by atoms with E-state index in [1.165, 1.54) is 0 Å². The number of carboxylic acid groups (broad SMARTS) is 1. The van der Waals surface area contributed by atoms with Gasteiger partial charge in [0.1, 0.15) is 18.1 Å². The standard InChI is InChI=1S/C18H32N4O7S/c1-3-9(2)14(22-16(26)12-6-10(24)7-19-12)17(27)20-11(4-5-23)15(25)21-13(8-30)18(28)29/h9-14,19,23-24,30H,3-8H2,1-2H3,(H,20,27)(H,21,25)(H,22,26)(H,28,29)/t9-,10+,11-,12-,13-,14-/m0/s1. The summed E-state index contributed by atoms with van der Waals surface area (Å²) in [7, 11) is 0. The molecule has 1 heterocycles. The van der Waals surface area contributed by atoms with E-state index < -0.39 is 60.6 Å². The quantitative estimate of drug-likeness (QED) is 0.152. The summed E-state index contributed by atoms with van der Waals surface area (Å²) in [4.78, 5) is 48.8. The molecule has 1 fully saturated rings. The molecule has 0 saturated carbocycles. The van der Waals surface area contributed by atoms with Crippen LogP contribution in [0.3, 0.4) is 0 Å². The molecular weight excluding hydrogens is 416 g/mol. The first-order chi connectivity index (χ1) is 14.1. The van der Waals surface area contributed by atoms with Crippen LogP contribution in [0.4, 0.5) is 0 Å². The van der Waals surface area contributed by atoms with Crippen molar-refractivity contribution in [2.45, 2.75) is 63.4 Å². The highest BCUT2D eigenvalue weighted by Crippen LogP contribution is 2.12. The Bertz CT molecular complexity index is 621. The smallest absolute Gasteiger partial charge is 0.327 e. The zero-order chi connectivity index (χ0) is 22.8. The Kier molecular flexibility index (Phi) is 11.1. The summed E-state index contributed by atoms with van der Waals surface area (Å²) in [6, 6.07) is -4.00. The summed E-state index contributed by atoms with van der Waals surface area (Å²) in [5, 5.41) is 38.2. The van der Waals surface area contributed by atoms with Gasteiger partial charge in [0, 0.05) is 18.9 Å². The lowest BCUT2D eigenvalue weighted by atomic mass is 9.97. The maximum Gasteiger partial charge on any atom is 0.327 e. The van der Waals surface area contributed by atoms with Crippen LogP contribution >= 0.6 is 12.6 Å². The molecule has 6 atom stereocenters. The number of carboxylic acids is 1. The maximum atomic E-state index is 12.8. The number of thiol groups is 1. The Balaban J connectivity index is 2.85. The lowest BCUT2D eigenvalue weighted by Gasteiger charge is -2.27. The molecule has 7 N–H and O–H groups in total. The molecule has 3 amide bonds. The third-order valence-electron chi connectivity index (χ3n) is 5.07. The van der Waals surface area contributed by atoms with Gasteiger partial charge >= 0.3 is 5.97 Å². The normalized spacial score (nSPS) is 22.4. The molecule has 0 aromatic rings. The molecule has 12 heteroatoms. The number of rotatable bonds is 12. The lowest BCUT2D eigenvalue weighted by molar-refractivity contribution is -0.141. The Morgan fingerprint density at radius 2 is 1.77 bits per heavy atom. The van der Waals surface area contributed by atoms with Crippen LogP contribution in [0, 0.1) is 5.92 Å². The molecule has 0 spiro atoms. The highest BCUT2D eigenvalue weighted by molar-refractivity contribution is 7.80. The number of nitrogens with one attached hydrogen (secondary N) is 4. The molecule has 172 valence electrons. The minimum atomic E-state index is -1.27. The number of carbonyl (C=O) groups excluding carboxylic acids is 3. The third-order valence-corrected chi connectivity index (χ3v) is 5.43. The van der Waals surface area contributed by atoms with Gasteiger partial charge in [-0.1, -0.05) is 20.3 Å². The molecule has 1 aliphatic rings. The van der Waals surface area contributed by atoms with Crippen molar-refractivity contribution in [1.29, 1.82) is 0 Å². The van der Waals surface area contributed by atoms with E-state index in [2.05, 4.69) is 33.9 Å². The van der Waals surface area contributed by atoms with Crippen LogP contribution in [0.5, 0.6) is 0 Å². The molecule has 11 nitrogen and oxygen atoms in total. The maximum absolute atomic E-state index is 12.8. The first kappa shape index (κ1) is 26.1. The molecule has 1 saturated heterocycles. The van der Waals surface area contributed by atoms with Crippen molar-refractivity contribution >= 4 is 36.3 Å². The molecule has 0 aromatic heterocycles. The van der Waals surface area contributed by atoms with Crippen LogP contribution in [0.1, 0.15) is 33.1 Å². The number of hydrogen-bond donors (Lipinski definition) is 8. The molecule has 1 rings (SSSR count). The Labute approximate surface area is 180 Å². The third kappa shape index (κ3) is 7.74. The predicted molar refractivity (Wildman–Crippen MR) is 111 cm³/mol. The predicted octanol–water partition coefficient (Wildman–Crippen LogP) is -2.39. The first-order valence-electron chi connectivity index (χ1n) is 9.91. The fourth-order valence-electron chi connectivity index (χ4n) is 2.99. The average molecular weight is 449 g/mol. The highest BCUT2D eigenvalue weighted by atomic mass is 32.1. The molecule has 0 radical (unpaired) electrons. The van der Waals surface area contributed by atoms with E-state index in [1.54, 1.807) is 6.92 Å². The van der Waals surface area contributed by atoms with Crippen molar-refractivity contribution in [3.8, 4) is 0 Å². The van der Waals surface area contributed by atoms with E-state index in [0.717, 1.165) is 0 Å². The number of β-amino-alcohol motifs (C(OH)–C–C–N with tert-alkyl or cyclic N) is 1. The van der Waals surface area contributed by atoms with Gasteiger partial charge in [-0.2, -0.15) is 12.6 Å². The second-order valence-corrected chi connectivity index (χ2v) is 7.74. The van der Waals surface area contributed by atoms with Gasteiger partial charge in [-0.25, -0.2) is 4.79 Å². The zero-order valence-corrected chi connectivity index (χ0v) is 18.0. The Hall–Kier alpha value is -1.89. The van der Waals surface area contributed by atoms with Gasteiger partial charge in [-0.15, -0.1) is 0 Å². The lowest BCUT2D eigenvalue weighted by Crippen LogP contribution is -2.58. The minimum Gasteiger partial charge on any atom is -0.480 e. The molecule has 1 aliphatic heterocycles. The number of carbonyl (C=O) groups is 4. The molecular formula is C18H32N4O7S. The van der Waals surface area contributed by atoms with Crippen molar-refractivity contribution in [3.63, 3.8) is 0 Å². The monoisotopic (exact) mass is 448 g/mol. The summed E-state index contributed by atoms with van der Waals surface area (Å²) in [5.74, 6) is -3.51. The van der Waals surface area contributed by atoms with Gasteiger partial charge in [0.2, 0.25) is 17.7 Å². The highest BCUT2D eigenvalue weighted by Gasteiger charge is 2.34. The molecule has 0 aliphatic carbocycles.